The van der Waals surface area contributed by atoms with Crippen molar-refractivity contribution in [3.8, 4) is 0 Å². The molecule has 1 atom stereocenters. The van der Waals surface area contributed by atoms with Gasteiger partial charge < -0.3 is 15.1 Å². The predicted octanol–water partition coefficient (Wildman–Crippen LogP) is 1.70. The van der Waals surface area contributed by atoms with Crippen LogP contribution in [0.1, 0.15) is 12.7 Å². The third-order valence-corrected chi connectivity index (χ3v) is 2.75. The van der Waals surface area contributed by atoms with E-state index in [4.69, 9.17) is 4.42 Å². The van der Waals surface area contributed by atoms with Gasteiger partial charge in [-0.1, -0.05) is 0 Å². The van der Waals surface area contributed by atoms with Crippen LogP contribution in [0, 0.1) is 10.1 Å². The fourth-order valence-electron chi connectivity index (χ4n) is 1.67. The molecule has 0 aliphatic rings. The zero-order valence-electron chi connectivity index (χ0n) is 11.3. The standard InChI is InChI=1S/C13H14N4O4/c1-9(13(18)15-8-10-4-3-7-21-10)16-12-11(17(19)20)5-2-6-14-12/h2-7,9H,8H2,1H3,(H,14,16)(H,15,18). The zero-order valence-corrected chi connectivity index (χ0v) is 11.3. The van der Waals surface area contributed by atoms with Gasteiger partial charge in [0.2, 0.25) is 11.7 Å². The summed E-state index contributed by atoms with van der Waals surface area (Å²) in [4.78, 5) is 26.1. The van der Waals surface area contributed by atoms with Crippen LogP contribution in [0.15, 0.2) is 41.1 Å². The topological polar surface area (TPSA) is 110 Å². The Morgan fingerprint density at radius 3 is 2.95 bits per heavy atom. The number of nitrogens with zero attached hydrogens (tertiary/aromatic N) is 2. The number of amides is 1. The number of nitrogens with one attached hydrogen (secondary N) is 2. The summed E-state index contributed by atoms with van der Waals surface area (Å²) in [6, 6.07) is 5.57. The molecule has 2 aromatic rings. The molecule has 0 aliphatic heterocycles. The van der Waals surface area contributed by atoms with Crippen LogP contribution in [0.2, 0.25) is 0 Å². The van der Waals surface area contributed by atoms with E-state index in [1.54, 1.807) is 19.1 Å². The largest absolute Gasteiger partial charge is 0.467 e. The number of hydrogen-bond donors (Lipinski definition) is 2. The molecular weight excluding hydrogens is 276 g/mol. The highest BCUT2D eigenvalue weighted by Gasteiger charge is 2.19. The molecule has 2 aromatic heterocycles. The van der Waals surface area contributed by atoms with Crippen molar-refractivity contribution in [3.05, 3.63) is 52.6 Å². The lowest BCUT2D eigenvalue weighted by Crippen LogP contribution is -2.37. The first kappa shape index (κ1) is 14.5. The number of aromatic nitrogens is 1. The van der Waals surface area contributed by atoms with Gasteiger partial charge in [-0.3, -0.25) is 14.9 Å². The molecule has 0 radical (unpaired) electrons. The molecule has 110 valence electrons. The lowest BCUT2D eigenvalue weighted by Gasteiger charge is -2.13. The van der Waals surface area contributed by atoms with Crippen LogP contribution < -0.4 is 10.6 Å². The second-order valence-corrected chi connectivity index (χ2v) is 4.29. The highest BCUT2D eigenvalue weighted by atomic mass is 16.6. The van der Waals surface area contributed by atoms with Crippen molar-refractivity contribution in [1.29, 1.82) is 0 Å². The van der Waals surface area contributed by atoms with Crippen molar-refractivity contribution in [2.75, 3.05) is 5.32 Å². The third kappa shape index (κ3) is 3.78. The number of hydrogen-bond acceptors (Lipinski definition) is 6. The van der Waals surface area contributed by atoms with Crippen molar-refractivity contribution >= 4 is 17.4 Å². The summed E-state index contributed by atoms with van der Waals surface area (Å²) in [6.07, 6.45) is 2.93. The van der Waals surface area contributed by atoms with Gasteiger partial charge in [0.1, 0.15) is 11.8 Å². The summed E-state index contributed by atoms with van der Waals surface area (Å²) >= 11 is 0. The van der Waals surface area contributed by atoms with Gasteiger partial charge in [0, 0.05) is 12.3 Å². The smallest absolute Gasteiger partial charge is 0.311 e. The minimum Gasteiger partial charge on any atom is -0.467 e. The van der Waals surface area contributed by atoms with Gasteiger partial charge in [-0.15, -0.1) is 0 Å². The number of carbonyl (C=O) groups excluding carboxylic acids is 1. The summed E-state index contributed by atoms with van der Waals surface area (Å²) in [5.41, 5.74) is -0.178. The van der Waals surface area contributed by atoms with Crippen LogP contribution in [0.5, 0.6) is 0 Å². The lowest BCUT2D eigenvalue weighted by atomic mass is 10.3. The van der Waals surface area contributed by atoms with Gasteiger partial charge in [-0.25, -0.2) is 4.98 Å². The highest BCUT2D eigenvalue weighted by molar-refractivity contribution is 5.84. The molecule has 2 N–H and O–H groups in total. The summed E-state index contributed by atoms with van der Waals surface area (Å²) in [7, 11) is 0. The Bertz CT molecular complexity index is 627. The van der Waals surface area contributed by atoms with E-state index in [0.29, 0.717) is 5.76 Å². The van der Waals surface area contributed by atoms with Crippen molar-refractivity contribution in [2.24, 2.45) is 0 Å². The Balaban J connectivity index is 1.96. The molecule has 0 bridgehead atoms. The highest BCUT2D eigenvalue weighted by Crippen LogP contribution is 2.20. The first-order valence-electron chi connectivity index (χ1n) is 6.24. The van der Waals surface area contributed by atoms with E-state index >= 15 is 0 Å². The molecule has 1 amide bonds. The fraction of sp³-hybridized carbons (Fsp3) is 0.231. The summed E-state index contributed by atoms with van der Waals surface area (Å²) in [6.45, 7) is 1.85. The van der Waals surface area contributed by atoms with E-state index in [1.807, 2.05) is 0 Å². The minimum atomic E-state index is -0.673. The molecule has 8 nitrogen and oxygen atoms in total. The molecule has 0 saturated carbocycles. The molecule has 0 aliphatic carbocycles. The molecule has 0 saturated heterocycles. The second kappa shape index (κ2) is 6.51. The maximum atomic E-state index is 11.9. The minimum absolute atomic E-state index is 0.0585. The molecule has 0 fully saturated rings. The number of nitro groups is 1. The molecule has 0 spiro atoms. The van der Waals surface area contributed by atoms with Gasteiger partial charge in [0.15, 0.2) is 0 Å². The Morgan fingerprint density at radius 2 is 2.29 bits per heavy atom. The molecule has 2 heterocycles. The van der Waals surface area contributed by atoms with Gasteiger partial charge in [0.05, 0.1) is 17.7 Å². The van der Waals surface area contributed by atoms with Gasteiger partial charge in [-0.2, -0.15) is 0 Å². The first-order valence-corrected chi connectivity index (χ1v) is 6.24. The van der Waals surface area contributed by atoms with Gasteiger partial charge >= 0.3 is 5.69 Å². The van der Waals surface area contributed by atoms with Gasteiger partial charge in [0.25, 0.3) is 0 Å². The van der Waals surface area contributed by atoms with Crippen molar-refractivity contribution in [2.45, 2.75) is 19.5 Å². The van der Waals surface area contributed by atoms with Crippen molar-refractivity contribution in [3.63, 3.8) is 0 Å². The average Bonchev–Trinajstić information content (AvgIpc) is 2.98. The molecule has 1 unspecified atom stereocenters. The van der Waals surface area contributed by atoms with Crippen LogP contribution in [-0.4, -0.2) is 21.9 Å². The maximum Gasteiger partial charge on any atom is 0.311 e. The number of anilines is 1. The normalized spacial score (nSPS) is 11.7. The van der Waals surface area contributed by atoms with E-state index < -0.39 is 11.0 Å². The van der Waals surface area contributed by atoms with E-state index in [9.17, 15) is 14.9 Å². The third-order valence-electron chi connectivity index (χ3n) is 2.75. The Morgan fingerprint density at radius 1 is 1.48 bits per heavy atom. The molecular formula is C13H14N4O4. The second-order valence-electron chi connectivity index (χ2n) is 4.29. The molecule has 0 aromatic carbocycles. The lowest BCUT2D eigenvalue weighted by molar-refractivity contribution is -0.384. The van der Waals surface area contributed by atoms with Crippen molar-refractivity contribution in [1.82, 2.24) is 10.3 Å². The Labute approximate surface area is 120 Å². The number of carbonyl (C=O) groups is 1. The molecule has 2 rings (SSSR count). The Hall–Kier alpha value is -2.90. The number of pyridine rings is 1. The van der Waals surface area contributed by atoms with E-state index in [2.05, 4.69) is 15.6 Å². The molecule has 8 heteroatoms. The summed E-state index contributed by atoms with van der Waals surface area (Å²) < 4.78 is 5.10. The predicted molar refractivity (Wildman–Crippen MR) is 74.5 cm³/mol. The zero-order chi connectivity index (χ0) is 15.2. The number of furan rings is 1. The SMILES string of the molecule is CC(Nc1ncccc1[N+](=O)[O-])C(=O)NCc1ccco1. The Kier molecular flexibility index (Phi) is 4.50. The average molecular weight is 290 g/mol. The van der Waals surface area contributed by atoms with E-state index in [0.717, 1.165) is 0 Å². The van der Waals surface area contributed by atoms with E-state index in [1.165, 1.54) is 24.6 Å². The summed E-state index contributed by atoms with van der Waals surface area (Å²) in [5, 5.41) is 16.3. The monoisotopic (exact) mass is 290 g/mol. The van der Waals surface area contributed by atoms with Crippen LogP contribution in [0.4, 0.5) is 11.5 Å². The summed E-state index contributed by atoms with van der Waals surface area (Å²) in [5.74, 6) is 0.369. The first-order chi connectivity index (χ1) is 10.1. The van der Waals surface area contributed by atoms with E-state index in [-0.39, 0.29) is 24.0 Å². The van der Waals surface area contributed by atoms with Crippen LogP contribution >= 0.6 is 0 Å². The van der Waals surface area contributed by atoms with Crippen LogP contribution in [0.3, 0.4) is 0 Å². The fourth-order valence-corrected chi connectivity index (χ4v) is 1.67. The van der Waals surface area contributed by atoms with Crippen LogP contribution in [0.25, 0.3) is 0 Å². The number of rotatable bonds is 6. The quantitative estimate of drug-likeness (QED) is 0.619. The van der Waals surface area contributed by atoms with Gasteiger partial charge in [-0.05, 0) is 25.1 Å². The van der Waals surface area contributed by atoms with Crippen molar-refractivity contribution < 1.29 is 14.1 Å². The van der Waals surface area contributed by atoms with Crippen LogP contribution in [-0.2, 0) is 11.3 Å². The molecule has 21 heavy (non-hydrogen) atoms. The maximum absolute atomic E-state index is 11.9.